The molecule has 2 aromatic heterocycles. The fraction of sp³-hybridized carbons (Fsp3) is 0.111. The topological polar surface area (TPSA) is 80.4 Å². The number of halogens is 1. The van der Waals surface area contributed by atoms with Crippen LogP contribution < -0.4 is 5.32 Å². The van der Waals surface area contributed by atoms with E-state index in [0.29, 0.717) is 22.9 Å². The Hall–Kier alpha value is -2.99. The van der Waals surface area contributed by atoms with Crippen LogP contribution >= 0.6 is 11.6 Å². The van der Waals surface area contributed by atoms with Gasteiger partial charge in [-0.25, -0.2) is 15.0 Å². The van der Waals surface area contributed by atoms with Gasteiger partial charge in [-0.2, -0.15) is 0 Å². The molecule has 1 aliphatic heterocycles. The maximum atomic E-state index is 12.1. The molecule has 124 valence electrons. The molecule has 4 rings (SSSR count). The Labute approximate surface area is 148 Å². The molecule has 0 atom stereocenters. The van der Waals surface area contributed by atoms with Crippen LogP contribution in [0.3, 0.4) is 0 Å². The summed E-state index contributed by atoms with van der Waals surface area (Å²) < 4.78 is 4.99. The number of nitrogens with one attached hydrogen (secondary N) is 1. The average Bonchev–Trinajstić information content (AvgIpc) is 3.25. The smallest absolute Gasteiger partial charge is 0.293 e. The van der Waals surface area contributed by atoms with Gasteiger partial charge in [-0.3, -0.25) is 4.79 Å². The Morgan fingerprint density at radius 3 is 2.96 bits per heavy atom. The number of hydrogen-bond donors (Lipinski definition) is 1. The van der Waals surface area contributed by atoms with E-state index in [2.05, 4.69) is 26.3 Å². The maximum absolute atomic E-state index is 12.1. The van der Waals surface area contributed by atoms with Crippen molar-refractivity contribution < 1.29 is 9.21 Å². The fourth-order valence-electron chi connectivity index (χ4n) is 2.70. The van der Waals surface area contributed by atoms with Crippen molar-refractivity contribution in [1.82, 2.24) is 9.97 Å². The molecule has 25 heavy (non-hydrogen) atoms. The van der Waals surface area contributed by atoms with Gasteiger partial charge in [0.15, 0.2) is 12.2 Å². The number of nitrogens with zero attached hydrogens (tertiary/aromatic N) is 3. The standard InChI is InChI=1S/C18H13ClN4O2/c1-10-4-11-5-15(23-17(11)21-7-10)13-6-12(2-3-14(13)19)22-18(24)16-8-20-9-25-16/h2-4,6-9H,5H2,1H3,(H,22,24). The zero-order valence-corrected chi connectivity index (χ0v) is 14.0. The van der Waals surface area contributed by atoms with E-state index < -0.39 is 0 Å². The Morgan fingerprint density at radius 1 is 1.28 bits per heavy atom. The lowest BCUT2D eigenvalue weighted by molar-refractivity contribution is 0.0996. The summed E-state index contributed by atoms with van der Waals surface area (Å²) in [6.45, 7) is 2.00. The summed E-state index contributed by atoms with van der Waals surface area (Å²) in [6, 6.07) is 7.33. The second-order valence-corrected chi connectivity index (χ2v) is 6.15. The second kappa shape index (κ2) is 6.14. The third-order valence-electron chi connectivity index (χ3n) is 3.87. The molecule has 0 radical (unpaired) electrons. The molecule has 6 nitrogen and oxygen atoms in total. The number of hydrogen-bond acceptors (Lipinski definition) is 5. The first kappa shape index (κ1) is 15.5. The number of carbonyl (C=O) groups is 1. The van der Waals surface area contributed by atoms with Crippen LogP contribution in [-0.4, -0.2) is 21.6 Å². The highest BCUT2D eigenvalue weighted by atomic mass is 35.5. The second-order valence-electron chi connectivity index (χ2n) is 5.75. The van der Waals surface area contributed by atoms with Gasteiger partial charge in [-0.15, -0.1) is 0 Å². The van der Waals surface area contributed by atoms with E-state index in [4.69, 9.17) is 16.0 Å². The summed E-state index contributed by atoms with van der Waals surface area (Å²) in [6.07, 6.45) is 5.02. The van der Waals surface area contributed by atoms with Gasteiger partial charge in [-0.1, -0.05) is 17.7 Å². The number of aliphatic imine (C=N–C) groups is 1. The first-order valence-electron chi connectivity index (χ1n) is 7.63. The van der Waals surface area contributed by atoms with E-state index in [-0.39, 0.29) is 11.7 Å². The molecule has 7 heteroatoms. The summed E-state index contributed by atoms with van der Waals surface area (Å²) in [5, 5.41) is 3.33. The molecule has 1 aliphatic rings. The third-order valence-corrected chi connectivity index (χ3v) is 4.20. The number of fused-ring (bicyclic) bond motifs is 1. The van der Waals surface area contributed by atoms with Gasteiger partial charge in [0.1, 0.15) is 0 Å². The van der Waals surface area contributed by atoms with Crippen molar-refractivity contribution in [3.63, 3.8) is 0 Å². The molecule has 0 fully saturated rings. The van der Waals surface area contributed by atoms with Gasteiger partial charge >= 0.3 is 0 Å². The monoisotopic (exact) mass is 352 g/mol. The van der Waals surface area contributed by atoms with Crippen molar-refractivity contribution in [3.05, 3.63) is 70.5 Å². The largest absolute Gasteiger partial charge is 0.438 e. The number of benzene rings is 1. The Morgan fingerprint density at radius 2 is 2.16 bits per heavy atom. The normalized spacial score (nSPS) is 12.6. The number of pyridine rings is 1. The molecule has 1 N–H and O–H groups in total. The molecule has 3 aromatic rings. The Balaban J connectivity index is 1.62. The molecule has 0 saturated carbocycles. The minimum atomic E-state index is -0.375. The highest BCUT2D eigenvalue weighted by Gasteiger charge is 2.20. The number of anilines is 1. The predicted molar refractivity (Wildman–Crippen MR) is 94.8 cm³/mol. The molecule has 0 bridgehead atoms. The average molecular weight is 353 g/mol. The lowest BCUT2D eigenvalue weighted by atomic mass is 10.0. The summed E-state index contributed by atoms with van der Waals surface area (Å²) in [4.78, 5) is 24.7. The van der Waals surface area contributed by atoms with Crippen LogP contribution in [0.2, 0.25) is 5.02 Å². The van der Waals surface area contributed by atoms with E-state index in [0.717, 1.165) is 22.4 Å². The van der Waals surface area contributed by atoms with Crippen LogP contribution in [0.25, 0.3) is 0 Å². The third kappa shape index (κ3) is 3.04. The zero-order valence-electron chi connectivity index (χ0n) is 13.3. The van der Waals surface area contributed by atoms with E-state index in [1.807, 2.05) is 6.92 Å². The molecule has 1 aromatic carbocycles. The quantitative estimate of drug-likeness (QED) is 0.773. The summed E-state index contributed by atoms with van der Waals surface area (Å²) in [5.74, 6) is 0.481. The molecule has 0 unspecified atom stereocenters. The number of carbonyl (C=O) groups excluding carboxylic acids is 1. The molecular weight excluding hydrogens is 340 g/mol. The number of rotatable bonds is 3. The van der Waals surface area contributed by atoms with Crippen LogP contribution in [0, 0.1) is 6.92 Å². The fourth-order valence-corrected chi connectivity index (χ4v) is 2.93. The van der Waals surface area contributed by atoms with Gasteiger partial charge in [0, 0.05) is 34.5 Å². The molecule has 0 spiro atoms. The van der Waals surface area contributed by atoms with Crippen molar-refractivity contribution in [2.24, 2.45) is 4.99 Å². The molecule has 0 aliphatic carbocycles. The Bertz CT molecular complexity index is 996. The van der Waals surface area contributed by atoms with Crippen LogP contribution in [0.15, 0.2) is 52.5 Å². The first-order chi connectivity index (χ1) is 12.1. The van der Waals surface area contributed by atoms with Crippen LogP contribution in [0.1, 0.15) is 27.2 Å². The first-order valence-corrected chi connectivity index (χ1v) is 8.01. The minimum Gasteiger partial charge on any atom is -0.438 e. The van der Waals surface area contributed by atoms with E-state index in [1.165, 1.54) is 12.6 Å². The van der Waals surface area contributed by atoms with Crippen LogP contribution in [-0.2, 0) is 6.42 Å². The molecular formula is C18H13ClN4O2. The van der Waals surface area contributed by atoms with E-state index >= 15 is 0 Å². The zero-order chi connectivity index (χ0) is 17.4. The van der Waals surface area contributed by atoms with Crippen LogP contribution in [0.5, 0.6) is 0 Å². The lowest BCUT2D eigenvalue weighted by Gasteiger charge is -2.08. The van der Waals surface area contributed by atoms with Crippen LogP contribution in [0.4, 0.5) is 11.5 Å². The predicted octanol–water partition coefficient (Wildman–Crippen LogP) is 3.96. The van der Waals surface area contributed by atoms with Gasteiger partial charge in [0.25, 0.3) is 5.91 Å². The summed E-state index contributed by atoms with van der Waals surface area (Å²) in [7, 11) is 0. The van der Waals surface area contributed by atoms with Gasteiger partial charge in [0.05, 0.1) is 11.9 Å². The highest BCUT2D eigenvalue weighted by Crippen LogP contribution is 2.31. The van der Waals surface area contributed by atoms with E-state index in [1.54, 1.807) is 24.4 Å². The summed E-state index contributed by atoms with van der Waals surface area (Å²) in [5.41, 5.74) is 4.36. The maximum Gasteiger partial charge on any atom is 0.293 e. The SMILES string of the molecule is Cc1cnc2c(c1)CC(c1cc(NC(=O)c3cnco3)ccc1Cl)=N2. The Kier molecular flexibility index (Phi) is 3.82. The van der Waals surface area contributed by atoms with Crippen molar-refractivity contribution in [2.45, 2.75) is 13.3 Å². The number of amides is 1. The number of aromatic nitrogens is 2. The van der Waals surface area contributed by atoms with Crippen molar-refractivity contribution >= 4 is 34.7 Å². The van der Waals surface area contributed by atoms with Gasteiger partial charge < -0.3 is 9.73 Å². The number of oxazole rings is 1. The van der Waals surface area contributed by atoms with Crippen molar-refractivity contribution in [1.29, 1.82) is 0 Å². The molecule has 0 saturated heterocycles. The van der Waals surface area contributed by atoms with Gasteiger partial charge in [-0.05, 0) is 30.7 Å². The van der Waals surface area contributed by atoms with Gasteiger partial charge in [0.2, 0.25) is 5.76 Å². The van der Waals surface area contributed by atoms with Crippen molar-refractivity contribution in [3.8, 4) is 0 Å². The highest BCUT2D eigenvalue weighted by molar-refractivity contribution is 6.34. The minimum absolute atomic E-state index is 0.141. The molecule has 3 heterocycles. The van der Waals surface area contributed by atoms with E-state index in [9.17, 15) is 4.79 Å². The lowest BCUT2D eigenvalue weighted by Crippen LogP contribution is -2.12. The molecule has 1 amide bonds. The van der Waals surface area contributed by atoms with Crippen molar-refractivity contribution in [2.75, 3.05) is 5.32 Å². The summed E-state index contributed by atoms with van der Waals surface area (Å²) >= 11 is 6.34. The number of aryl methyl sites for hydroxylation is 1.